The fraction of sp³-hybridized carbons (Fsp3) is 0.450. The third-order valence-corrected chi connectivity index (χ3v) is 5.93. The van der Waals surface area contributed by atoms with Crippen molar-refractivity contribution in [1.29, 1.82) is 0 Å². The number of fused-ring (bicyclic) bond motifs is 1. The van der Waals surface area contributed by atoms with Crippen LogP contribution in [0.15, 0.2) is 24.4 Å². The largest absolute Gasteiger partial charge is 0.337 e. The summed E-state index contributed by atoms with van der Waals surface area (Å²) >= 11 is 1.70. The first-order valence-corrected chi connectivity index (χ1v) is 10.3. The quantitative estimate of drug-likeness (QED) is 0.752. The molecule has 1 aliphatic rings. The minimum absolute atomic E-state index is 0.0731. The predicted molar refractivity (Wildman–Crippen MR) is 109 cm³/mol. The molecule has 1 fully saturated rings. The zero-order valence-corrected chi connectivity index (χ0v) is 16.8. The highest BCUT2D eigenvalue weighted by Gasteiger charge is 2.23. The number of aryl methyl sites for hydroxylation is 1. The first-order chi connectivity index (χ1) is 13.0. The van der Waals surface area contributed by atoms with E-state index >= 15 is 0 Å². The molecule has 6 nitrogen and oxygen atoms in total. The van der Waals surface area contributed by atoms with Gasteiger partial charge in [0.1, 0.15) is 0 Å². The number of amides is 1. The first kappa shape index (κ1) is 18.1. The molecule has 0 radical (unpaired) electrons. The number of carbonyl (C=O) groups excluding carboxylic acids is 1. The van der Waals surface area contributed by atoms with Crippen molar-refractivity contribution in [2.75, 3.05) is 26.2 Å². The second kappa shape index (κ2) is 7.40. The van der Waals surface area contributed by atoms with Crippen LogP contribution in [0.1, 0.15) is 41.5 Å². The number of aromatic nitrogens is 3. The van der Waals surface area contributed by atoms with Gasteiger partial charge in [-0.1, -0.05) is 0 Å². The Morgan fingerprint density at radius 3 is 2.85 bits per heavy atom. The third kappa shape index (κ3) is 3.49. The maximum atomic E-state index is 13.4. The van der Waals surface area contributed by atoms with Crippen molar-refractivity contribution in [2.45, 2.75) is 33.2 Å². The molecule has 1 saturated heterocycles. The molecule has 1 amide bonds. The van der Waals surface area contributed by atoms with E-state index in [0.717, 1.165) is 54.2 Å². The van der Waals surface area contributed by atoms with E-state index in [9.17, 15) is 4.79 Å². The van der Waals surface area contributed by atoms with Crippen LogP contribution in [0, 0.1) is 6.92 Å². The van der Waals surface area contributed by atoms with E-state index in [1.54, 1.807) is 17.5 Å². The maximum Gasteiger partial charge on any atom is 0.254 e. The van der Waals surface area contributed by atoms with Gasteiger partial charge in [-0.05, 0) is 51.9 Å². The van der Waals surface area contributed by atoms with Gasteiger partial charge in [-0.25, -0.2) is 9.67 Å². The lowest BCUT2D eigenvalue weighted by Crippen LogP contribution is -2.34. The second-order valence-electron chi connectivity index (χ2n) is 7.28. The number of thiophene rings is 1. The van der Waals surface area contributed by atoms with Crippen molar-refractivity contribution in [1.82, 2.24) is 25.0 Å². The molecule has 0 bridgehead atoms. The zero-order chi connectivity index (χ0) is 19.0. The molecule has 4 rings (SSSR count). The summed E-state index contributed by atoms with van der Waals surface area (Å²) in [7, 11) is 0. The van der Waals surface area contributed by atoms with Gasteiger partial charge in [0.2, 0.25) is 0 Å². The molecule has 0 spiro atoms. The summed E-state index contributed by atoms with van der Waals surface area (Å²) in [5, 5.41) is 8.71. The summed E-state index contributed by atoms with van der Waals surface area (Å²) in [5.41, 5.74) is 2.33. The lowest BCUT2D eigenvalue weighted by molar-refractivity contribution is 0.0768. The molecule has 0 unspecified atom stereocenters. The number of hydrogen-bond donors (Lipinski definition) is 1. The van der Waals surface area contributed by atoms with Gasteiger partial charge in [0.05, 0.1) is 27.7 Å². The Bertz CT molecular complexity index is 966. The maximum absolute atomic E-state index is 13.4. The van der Waals surface area contributed by atoms with E-state index < -0.39 is 0 Å². The molecule has 1 N–H and O–H groups in total. The minimum Gasteiger partial charge on any atom is -0.337 e. The summed E-state index contributed by atoms with van der Waals surface area (Å²) in [6, 6.07) is 6.29. The predicted octanol–water partition coefficient (Wildman–Crippen LogP) is 3.48. The second-order valence-corrected chi connectivity index (χ2v) is 8.57. The molecule has 4 heterocycles. The number of nitrogens with one attached hydrogen (secondary N) is 1. The molecule has 3 aromatic rings. The summed E-state index contributed by atoms with van der Waals surface area (Å²) in [6.07, 6.45) is 2.76. The van der Waals surface area contributed by atoms with Crippen molar-refractivity contribution < 1.29 is 4.79 Å². The van der Waals surface area contributed by atoms with E-state index in [-0.39, 0.29) is 11.9 Å². The van der Waals surface area contributed by atoms with Crippen LogP contribution in [-0.4, -0.2) is 51.8 Å². The van der Waals surface area contributed by atoms with Gasteiger partial charge >= 0.3 is 0 Å². The smallest absolute Gasteiger partial charge is 0.254 e. The molecule has 3 aromatic heterocycles. The highest BCUT2D eigenvalue weighted by Crippen LogP contribution is 2.31. The van der Waals surface area contributed by atoms with Crippen molar-refractivity contribution in [3.63, 3.8) is 0 Å². The minimum atomic E-state index is 0.0731. The topological polar surface area (TPSA) is 63.1 Å². The van der Waals surface area contributed by atoms with Crippen LogP contribution in [0.4, 0.5) is 0 Å². The summed E-state index contributed by atoms with van der Waals surface area (Å²) in [5.74, 6) is 0.0731. The van der Waals surface area contributed by atoms with E-state index in [0.29, 0.717) is 5.56 Å². The first-order valence-electron chi connectivity index (χ1n) is 9.49. The molecular weight excluding hydrogens is 358 g/mol. The number of carbonyl (C=O) groups is 1. The van der Waals surface area contributed by atoms with Crippen LogP contribution in [0.25, 0.3) is 21.6 Å². The number of hydrogen-bond acceptors (Lipinski definition) is 5. The Morgan fingerprint density at radius 1 is 1.26 bits per heavy atom. The highest BCUT2D eigenvalue weighted by atomic mass is 32.1. The van der Waals surface area contributed by atoms with Gasteiger partial charge in [0.25, 0.3) is 5.91 Å². The Kier molecular flexibility index (Phi) is 4.97. The van der Waals surface area contributed by atoms with Crippen LogP contribution in [0.5, 0.6) is 0 Å². The molecule has 0 aliphatic carbocycles. The molecule has 7 heteroatoms. The van der Waals surface area contributed by atoms with E-state index in [1.807, 2.05) is 15.6 Å². The van der Waals surface area contributed by atoms with Gasteiger partial charge in [-0.3, -0.25) is 4.79 Å². The van der Waals surface area contributed by atoms with Crippen molar-refractivity contribution in [3.8, 4) is 10.6 Å². The van der Waals surface area contributed by atoms with Gasteiger partial charge in [-0.2, -0.15) is 5.10 Å². The van der Waals surface area contributed by atoms with E-state index in [1.165, 1.54) is 4.88 Å². The third-order valence-electron chi connectivity index (χ3n) is 4.91. The molecular formula is C20H25N5OS. The van der Waals surface area contributed by atoms with Crippen LogP contribution in [0.2, 0.25) is 0 Å². The summed E-state index contributed by atoms with van der Waals surface area (Å²) in [4.78, 5) is 22.5. The average molecular weight is 384 g/mol. The fourth-order valence-corrected chi connectivity index (χ4v) is 4.32. The highest BCUT2D eigenvalue weighted by molar-refractivity contribution is 7.15. The Hall–Kier alpha value is -2.25. The number of pyridine rings is 1. The SMILES string of the molecule is Cc1ccc(-c2cc(C(=O)N3CCCNCC3)c3cnn(C(C)C)c3n2)s1. The van der Waals surface area contributed by atoms with E-state index in [4.69, 9.17) is 4.98 Å². The molecule has 1 aliphatic heterocycles. The van der Waals surface area contributed by atoms with Crippen molar-refractivity contribution in [3.05, 3.63) is 34.8 Å². The standard InChI is InChI=1S/C20H25N5OS/c1-13(2)25-19-16(12-22-25)15(20(26)24-9-4-7-21-8-10-24)11-17(23-19)18-6-5-14(3)27-18/h5-6,11-13,21H,4,7-10H2,1-3H3. The zero-order valence-electron chi connectivity index (χ0n) is 16.0. The van der Waals surface area contributed by atoms with Gasteiger partial charge in [-0.15, -0.1) is 11.3 Å². The summed E-state index contributed by atoms with van der Waals surface area (Å²) in [6.45, 7) is 9.55. The van der Waals surface area contributed by atoms with Crippen molar-refractivity contribution >= 4 is 28.3 Å². The average Bonchev–Trinajstić information content (AvgIpc) is 3.18. The summed E-state index contributed by atoms with van der Waals surface area (Å²) < 4.78 is 1.90. The fourth-order valence-electron chi connectivity index (χ4n) is 3.49. The van der Waals surface area contributed by atoms with Gasteiger partial charge in [0, 0.05) is 30.6 Å². The van der Waals surface area contributed by atoms with Crippen LogP contribution in [0.3, 0.4) is 0 Å². The van der Waals surface area contributed by atoms with Crippen LogP contribution < -0.4 is 5.32 Å². The Labute approximate surface area is 163 Å². The lowest BCUT2D eigenvalue weighted by Gasteiger charge is -2.20. The molecule has 0 atom stereocenters. The Balaban J connectivity index is 1.86. The number of nitrogens with zero attached hydrogens (tertiary/aromatic N) is 4. The number of rotatable bonds is 3. The molecule has 142 valence electrons. The lowest BCUT2D eigenvalue weighted by atomic mass is 10.1. The van der Waals surface area contributed by atoms with Crippen molar-refractivity contribution in [2.24, 2.45) is 0 Å². The Morgan fingerprint density at radius 2 is 2.11 bits per heavy atom. The molecule has 27 heavy (non-hydrogen) atoms. The van der Waals surface area contributed by atoms with Gasteiger partial charge in [0.15, 0.2) is 5.65 Å². The van der Waals surface area contributed by atoms with Crippen LogP contribution >= 0.6 is 11.3 Å². The molecule has 0 aromatic carbocycles. The normalized spacial score (nSPS) is 15.5. The monoisotopic (exact) mass is 383 g/mol. The van der Waals surface area contributed by atoms with Gasteiger partial charge < -0.3 is 10.2 Å². The van der Waals surface area contributed by atoms with Crippen LogP contribution in [-0.2, 0) is 0 Å². The molecule has 0 saturated carbocycles. The van der Waals surface area contributed by atoms with E-state index in [2.05, 4.69) is 43.3 Å².